The Balaban J connectivity index is 2.08. The van der Waals surface area contributed by atoms with Crippen LogP contribution in [0.25, 0.3) is 43.9 Å². The Morgan fingerprint density at radius 1 is 0.562 bits per heavy atom. The summed E-state index contributed by atoms with van der Waals surface area (Å²) in [5.41, 5.74) is 4.67. The molecule has 3 aromatic carbocycles. The lowest BCUT2D eigenvalue weighted by atomic mass is 9.93. The fourth-order valence-corrected chi connectivity index (χ4v) is 3.91. The average molecular weight is 419 g/mol. The Morgan fingerprint density at radius 3 is 1.31 bits per heavy atom. The van der Waals surface area contributed by atoms with E-state index in [1.54, 1.807) is 0 Å². The molecule has 0 bridgehead atoms. The van der Waals surface area contributed by atoms with E-state index in [2.05, 4.69) is 77.4 Å². The van der Waals surface area contributed by atoms with Gasteiger partial charge in [-0.2, -0.15) is 0 Å². The molecule has 2 heteroatoms. The zero-order valence-corrected chi connectivity index (χ0v) is 19.4. The summed E-state index contributed by atoms with van der Waals surface area (Å²) in [6.07, 6.45) is 0. The highest BCUT2D eigenvalue weighted by Crippen LogP contribution is 2.42. The summed E-state index contributed by atoms with van der Waals surface area (Å²) in [5.74, 6) is 13.7. The van der Waals surface area contributed by atoms with Gasteiger partial charge in [0.2, 0.25) is 0 Å². The van der Waals surface area contributed by atoms with Crippen molar-refractivity contribution in [3.63, 3.8) is 0 Å². The smallest absolute Gasteiger partial charge is 0.153 e. The second-order valence-corrected chi connectivity index (χ2v) is 10.4. The summed E-state index contributed by atoms with van der Waals surface area (Å²) < 4.78 is 12.9. The molecule has 158 valence electrons. The standard InChI is InChI=1S/C30H26O2/c1-29(2,3)17-15-21-25-19-11-7-9-13-23(19)32-28(25)22(16-18-30(4,5)6)26-20-12-8-10-14-24(20)31-27(21)26/h7-14H,1-6H3. The highest BCUT2D eigenvalue weighted by molar-refractivity contribution is 6.21. The number of furan rings is 2. The Kier molecular flexibility index (Phi) is 4.40. The van der Waals surface area contributed by atoms with Crippen molar-refractivity contribution in [3.8, 4) is 23.7 Å². The van der Waals surface area contributed by atoms with E-state index >= 15 is 0 Å². The van der Waals surface area contributed by atoms with Crippen molar-refractivity contribution in [1.82, 2.24) is 0 Å². The van der Waals surface area contributed by atoms with Gasteiger partial charge in [-0.15, -0.1) is 0 Å². The highest BCUT2D eigenvalue weighted by atomic mass is 16.3. The van der Waals surface area contributed by atoms with Crippen molar-refractivity contribution in [2.24, 2.45) is 10.8 Å². The van der Waals surface area contributed by atoms with Gasteiger partial charge in [0.25, 0.3) is 0 Å². The molecule has 2 aromatic heterocycles. The van der Waals surface area contributed by atoms with Crippen LogP contribution in [-0.4, -0.2) is 0 Å². The molecule has 2 heterocycles. The van der Waals surface area contributed by atoms with Crippen molar-refractivity contribution in [1.29, 1.82) is 0 Å². The van der Waals surface area contributed by atoms with Crippen molar-refractivity contribution in [3.05, 3.63) is 59.7 Å². The van der Waals surface area contributed by atoms with Gasteiger partial charge >= 0.3 is 0 Å². The summed E-state index contributed by atoms with van der Waals surface area (Å²) >= 11 is 0. The summed E-state index contributed by atoms with van der Waals surface area (Å²) in [6.45, 7) is 12.7. The van der Waals surface area contributed by atoms with Gasteiger partial charge in [0.05, 0.1) is 11.1 Å². The van der Waals surface area contributed by atoms with E-state index in [1.165, 1.54) is 0 Å². The number of rotatable bonds is 0. The van der Waals surface area contributed by atoms with Gasteiger partial charge in [-0.25, -0.2) is 0 Å². The first-order chi connectivity index (χ1) is 15.1. The molecular formula is C30H26O2. The zero-order chi connectivity index (χ0) is 22.7. The number of hydrogen-bond acceptors (Lipinski definition) is 2. The van der Waals surface area contributed by atoms with Crippen LogP contribution in [0, 0.1) is 34.5 Å². The van der Waals surface area contributed by atoms with Gasteiger partial charge < -0.3 is 8.83 Å². The monoisotopic (exact) mass is 418 g/mol. The van der Waals surface area contributed by atoms with Gasteiger partial charge in [-0.3, -0.25) is 0 Å². The molecule has 5 rings (SSSR count). The molecule has 0 fully saturated rings. The Morgan fingerprint density at radius 2 is 0.938 bits per heavy atom. The van der Waals surface area contributed by atoms with E-state index in [0.29, 0.717) is 0 Å². The Bertz CT molecular complexity index is 1510. The SMILES string of the molecule is CC(C)(C)C#Cc1c2oc3ccccc3c2c(C#CC(C)(C)C)c2oc3ccccc3c12. The third-order valence-corrected chi connectivity index (χ3v) is 5.27. The van der Waals surface area contributed by atoms with Crippen LogP contribution in [-0.2, 0) is 0 Å². The number of para-hydroxylation sites is 2. The first-order valence-electron chi connectivity index (χ1n) is 11.0. The van der Waals surface area contributed by atoms with Gasteiger partial charge in [-0.05, 0) is 53.7 Å². The maximum atomic E-state index is 6.44. The fourth-order valence-electron chi connectivity index (χ4n) is 3.91. The number of hydrogen-bond donors (Lipinski definition) is 0. The second-order valence-electron chi connectivity index (χ2n) is 10.4. The van der Waals surface area contributed by atoms with E-state index in [-0.39, 0.29) is 10.8 Å². The fraction of sp³-hybridized carbons (Fsp3) is 0.267. The van der Waals surface area contributed by atoms with E-state index in [9.17, 15) is 0 Å². The topological polar surface area (TPSA) is 26.3 Å². The summed E-state index contributed by atoms with van der Waals surface area (Å²) in [5, 5.41) is 4.01. The average Bonchev–Trinajstić information content (AvgIpc) is 3.28. The maximum Gasteiger partial charge on any atom is 0.153 e. The molecule has 0 aliphatic heterocycles. The van der Waals surface area contributed by atoms with Crippen LogP contribution in [0.5, 0.6) is 0 Å². The Hall–Kier alpha value is -3.62. The van der Waals surface area contributed by atoms with Gasteiger partial charge in [0, 0.05) is 32.4 Å². The number of benzene rings is 3. The molecule has 0 unspecified atom stereocenters. The molecule has 5 aromatic rings. The van der Waals surface area contributed by atoms with Crippen LogP contribution in [0.4, 0.5) is 0 Å². The minimum atomic E-state index is -0.144. The van der Waals surface area contributed by atoms with Crippen LogP contribution in [0.1, 0.15) is 52.7 Å². The minimum absolute atomic E-state index is 0.144. The van der Waals surface area contributed by atoms with Crippen molar-refractivity contribution in [2.45, 2.75) is 41.5 Å². The number of fused-ring (bicyclic) bond motifs is 6. The van der Waals surface area contributed by atoms with Gasteiger partial charge in [0.1, 0.15) is 11.2 Å². The van der Waals surface area contributed by atoms with Crippen LogP contribution >= 0.6 is 0 Å². The molecule has 0 radical (unpaired) electrons. The molecule has 2 nitrogen and oxygen atoms in total. The lowest BCUT2D eigenvalue weighted by Crippen LogP contribution is -2.00. The summed E-state index contributed by atoms with van der Waals surface area (Å²) in [6, 6.07) is 16.2. The van der Waals surface area contributed by atoms with E-state index in [4.69, 9.17) is 8.83 Å². The molecule has 0 atom stereocenters. The van der Waals surface area contributed by atoms with E-state index in [0.717, 1.165) is 55.0 Å². The normalized spacial score (nSPS) is 12.2. The molecular weight excluding hydrogens is 392 g/mol. The lowest BCUT2D eigenvalue weighted by Gasteiger charge is -2.09. The van der Waals surface area contributed by atoms with Crippen LogP contribution < -0.4 is 0 Å². The first-order valence-corrected chi connectivity index (χ1v) is 11.0. The lowest BCUT2D eigenvalue weighted by molar-refractivity contribution is 0.570. The Labute approximate surface area is 188 Å². The first kappa shape index (κ1) is 20.3. The van der Waals surface area contributed by atoms with Gasteiger partial charge in [0.15, 0.2) is 11.2 Å². The van der Waals surface area contributed by atoms with Crippen molar-refractivity contribution >= 4 is 43.9 Å². The molecule has 0 N–H and O–H groups in total. The molecule has 0 saturated heterocycles. The molecule has 0 aliphatic carbocycles. The predicted molar refractivity (Wildman–Crippen MR) is 134 cm³/mol. The molecule has 32 heavy (non-hydrogen) atoms. The summed E-state index contributed by atoms with van der Waals surface area (Å²) in [7, 11) is 0. The summed E-state index contributed by atoms with van der Waals surface area (Å²) in [4.78, 5) is 0. The highest BCUT2D eigenvalue weighted by Gasteiger charge is 2.23. The largest absolute Gasteiger partial charge is 0.455 e. The predicted octanol–water partition coefficient (Wildman–Crippen LogP) is 8.28. The molecule has 0 amide bonds. The van der Waals surface area contributed by atoms with Gasteiger partial charge in [-0.1, -0.05) is 60.1 Å². The van der Waals surface area contributed by atoms with Crippen molar-refractivity contribution in [2.75, 3.05) is 0 Å². The quantitative estimate of drug-likeness (QED) is 0.236. The minimum Gasteiger partial charge on any atom is -0.455 e. The molecule has 0 saturated carbocycles. The maximum absolute atomic E-state index is 6.44. The van der Waals surface area contributed by atoms with Crippen LogP contribution in [0.2, 0.25) is 0 Å². The third-order valence-electron chi connectivity index (χ3n) is 5.27. The molecule has 0 spiro atoms. The van der Waals surface area contributed by atoms with E-state index in [1.807, 2.05) is 36.4 Å². The zero-order valence-electron chi connectivity index (χ0n) is 19.4. The van der Waals surface area contributed by atoms with E-state index < -0.39 is 0 Å². The van der Waals surface area contributed by atoms with Crippen LogP contribution in [0.15, 0.2) is 57.4 Å². The second kappa shape index (κ2) is 6.94. The molecule has 0 aliphatic rings. The van der Waals surface area contributed by atoms with Crippen molar-refractivity contribution < 1.29 is 8.83 Å². The van der Waals surface area contributed by atoms with Crippen LogP contribution in [0.3, 0.4) is 0 Å². The third kappa shape index (κ3) is 3.43.